The number of hydrogen-bond donors (Lipinski definition) is 2. The van der Waals surface area contributed by atoms with Crippen molar-refractivity contribution in [1.82, 2.24) is 5.32 Å². The summed E-state index contributed by atoms with van der Waals surface area (Å²) < 4.78 is 0. The minimum Gasteiger partial charge on any atom is -0.387 e. The molecule has 0 aliphatic heterocycles. The summed E-state index contributed by atoms with van der Waals surface area (Å²) in [5.41, 5.74) is 2.37. The van der Waals surface area contributed by atoms with Gasteiger partial charge in [0.25, 0.3) is 0 Å². The lowest BCUT2D eigenvalue weighted by molar-refractivity contribution is 0.124. The number of hydrogen-bond acceptors (Lipinski definition) is 2. The van der Waals surface area contributed by atoms with Gasteiger partial charge in [-0.05, 0) is 36.4 Å². The van der Waals surface area contributed by atoms with Crippen LogP contribution in [0.5, 0.6) is 0 Å². The number of aliphatic hydroxyl groups is 1. The Labute approximate surface area is 118 Å². The molecule has 0 radical (unpaired) electrons. The van der Waals surface area contributed by atoms with Gasteiger partial charge in [0.15, 0.2) is 0 Å². The summed E-state index contributed by atoms with van der Waals surface area (Å²) in [5, 5.41) is 13.9. The van der Waals surface area contributed by atoms with Crippen LogP contribution >= 0.6 is 0 Å². The molecule has 108 valence electrons. The van der Waals surface area contributed by atoms with Gasteiger partial charge in [-0.15, -0.1) is 0 Å². The van der Waals surface area contributed by atoms with Crippen LogP contribution < -0.4 is 5.32 Å². The summed E-state index contributed by atoms with van der Waals surface area (Å²) >= 11 is 0. The first-order valence-corrected chi connectivity index (χ1v) is 7.58. The Morgan fingerprint density at radius 2 is 1.74 bits per heavy atom. The molecule has 0 aliphatic carbocycles. The normalized spacial score (nSPS) is 14.6. The Hall–Kier alpha value is -0.860. The van der Waals surface area contributed by atoms with Crippen molar-refractivity contribution in [3.63, 3.8) is 0 Å². The molecule has 0 fully saturated rings. The van der Waals surface area contributed by atoms with Gasteiger partial charge in [0.05, 0.1) is 6.10 Å². The van der Waals surface area contributed by atoms with Crippen LogP contribution in [0.3, 0.4) is 0 Å². The van der Waals surface area contributed by atoms with E-state index >= 15 is 0 Å². The Morgan fingerprint density at radius 1 is 1.11 bits per heavy atom. The van der Waals surface area contributed by atoms with Crippen molar-refractivity contribution in [2.24, 2.45) is 5.92 Å². The van der Waals surface area contributed by atoms with E-state index in [4.69, 9.17) is 0 Å². The largest absolute Gasteiger partial charge is 0.387 e. The lowest BCUT2D eigenvalue weighted by atomic mass is 9.98. The van der Waals surface area contributed by atoms with Gasteiger partial charge < -0.3 is 10.4 Å². The van der Waals surface area contributed by atoms with Gasteiger partial charge in [-0.2, -0.15) is 0 Å². The van der Waals surface area contributed by atoms with Crippen molar-refractivity contribution in [2.45, 2.75) is 59.1 Å². The van der Waals surface area contributed by atoms with E-state index in [-0.39, 0.29) is 6.04 Å². The maximum atomic E-state index is 10.5. The summed E-state index contributed by atoms with van der Waals surface area (Å²) in [7, 11) is 0. The molecule has 2 nitrogen and oxygen atoms in total. The molecule has 1 aromatic rings. The minimum atomic E-state index is -0.417. The highest BCUT2D eigenvalue weighted by Gasteiger charge is 2.18. The quantitative estimate of drug-likeness (QED) is 0.749. The van der Waals surface area contributed by atoms with Crippen LogP contribution in [0.4, 0.5) is 0 Å². The molecule has 2 atom stereocenters. The van der Waals surface area contributed by atoms with E-state index < -0.39 is 6.10 Å². The zero-order valence-corrected chi connectivity index (χ0v) is 12.8. The van der Waals surface area contributed by atoms with Crippen molar-refractivity contribution in [3.8, 4) is 0 Å². The zero-order valence-electron chi connectivity index (χ0n) is 12.8. The van der Waals surface area contributed by atoms with E-state index in [0.29, 0.717) is 5.92 Å². The maximum absolute atomic E-state index is 10.5. The molecule has 2 unspecified atom stereocenters. The van der Waals surface area contributed by atoms with E-state index in [1.807, 2.05) is 0 Å². The number of nitrogens with one attached hydrogen (secondary N) is 1. The fourth-order valence-corrected chi connectivity index (χ4v) is 2.27. The fraction of sp³-hybridized carbons (Fsp3) is 0.647. The summed E-state index contributed by atoms with van der Waals surface area (Å²) in [6, 6.07) is 8.54. The van der Waals surface area contributed by atoms with Gasteiger partial charge in [-0.1, -0.05) is 58.4 Å². The Bertz CT molecular complexity index is 345. The monoisotopic (exact) mass is 263 g/mol. The standard InChI is InChI=1S/C17H29NO/c1-5-7-14-8-10-15(11-9-14)17(19)16(6-2)18-12-13(3)4/h8-11,13,16-19H,5-7,12H2,1-4H3. The first-order valence-electron chi connectivity index (χ1n) is 7.58. The van der Waals surface area contributed by atoms with Crippen LogP contribution in [0.2, 0.25) is 0 Å². The van der Waals surface area contributed by atoms with Gasteiger partial charge in [-0.3, -0.25) is 0 Å². The molecule has 0 saturated heterocycles. The van der Waals surface area contributed by atoms with Crippen molar-refractivity contribution in [3.05, 3.63) is 35.4 Å². The summed E-state index contributed by atoms with van der Waals surface area (Å²) in [6.45, 7) is 9.62. The smallest absolute Gasteiger partial charge is 0.0942 e. The minimum absolute atomic E-state index is 0.138. The van der Waals surface area contributed by atoms with E-state index in [1.165, 1.54) is 5.56 Å². The molecule has 0 bridgehead atoms. The van der Waals surface area contributed by atoms with E-state index in [2.05, 4.69) is 57.3 Å². The molecule has 0 heterocycles. The van der Waals surface area contributed by atoms with Crippen molar-refractivity contribution >= 4 is 0 Å². The van der Waals surface area contributed by atoms with Crippen LogP contribution in [0.25, 0.3) is 0 Å². The molecular formula is C17H29NO. The van der Waals surface area contributed by atoms with Crippen molar-refractivity contribution in [2.75, 3.05) is 6.54 Å². The summed E-state index contributed by atoms with van der Waals surface area (Å²) in [6.07, 6.45) is 2.79. The molecule has 19 heavy (non-hydrogen) atoms. The van der Waals surface area contributed by atoms with E-state index in [9.17, 15) is 5.11 Å². The number of rotatable bonds is 8. The lowest BCUT2D eigenvalue weighted by Gasteiger charge is -2.24. The van der Waals surface area contributed by atoms with Crippen LogP contribution in [0.15, 0.2) is 24.3 Å². The van der Waals surface area contributed by atoms with Crippen molar-refractivity contribution in [1.29, 1.82) is 0 Å². The molecule has 0 saturated carbocycles. The molecule has 2 N–H and O–H groups in total. The van der Waals surface area contributed by atoms with Crippen LogP contribution in [0.1, 0.15) is 57.8 Å². The first-order chi connectivity index (χ1) is 9.08. The topological polar surface area (TPSA) is 32.3 Å². The second-order valence-electron chi connectivity index (χ2n) is 5.75. The Balaban J connectivity index is 2.65. The maximum Gasteiger partial charge on any atom is 0.0942 e. The van der Waals surface area contributed by atoms with E-state index in [1.54, 1.807) is 0 Å². The third-order valence-electron chi connectivity index (χ3n) is 3.47. The third kappa shape index (κ3) is 5.33. The molecule has 1 rings (SSSR count). The first kappa shape index (κ1) is 16.2. The Kier molecular flexibility index (Phi) is 7.11. The van der Waals surface area contributed by atoms with Gasteiger partial charge in [0.2, 0.25) is 0 Å². The predicted molar refractivity (Wildman–Crippen MR) is 82.3 cm³/mol. The van der Waals surface area contributed by atoms with Gasteiger partial charge in [0, 0.05) is 6.04 Å². The molecule has 1 aromatic carbocycles. The molecule has 2 heteroatoms. The SMILES string of the molecule is CCCc1ccc(C(O)C(CC)NCC(C)C)cc1. The Morgan fingerprint density at radius 3 is 2.21 bits per heavy atom. The summed E-state index contributed by atoms with van der Waals surface area (Å²) in [5.74, 6) is 0.605. The van der Waals surface area contributed by atoms with Crippen LogP contribution in [-0.4, -0.2) is 17.7 Å². The van der Waals surface area contributed by atoms with Gasteiger partial charge >= 0.3 is 0 Å². The molecule has 0 aromatic heterocycles. The average molecular weight is 263 g/mol. The molecular weight excluding hydrogens is 234 g/mol. The lowest BCUT2D eigenvalue weighted by Crippen LogP contribution is -2.36. The predicted octanol–water partition coefficient (Wildman–Crippen LogP) is 3.70. The molecule has 0 spiro atoms. The second-order valence-corrected chi connectivity index (χ2v) is 5.75. The number of aryl methyl sites for hydroxylation is 1. The van der Waals surface area contributed by atoms with Crippen LogP contribution in [-0.2, 0) is 6.42 Å². The highest BCUT2D eigenvalue weighted by molar-refractivity contribution is 5.25. The average Bonchev–Trinajstić information content (AvgIpc) is 2.40. The highest BCUT2D eigenvalue weighted by Crippen LogP contribution is 2.20. The highest BCUT2D eigenvalue weighted by atomic mass is 16.3. The van der Waals surface area contributed by atoms with Gasteiger partial charge in [-0.25, -0.2) is 0 Å². The van der Waals surface area contributed by atoms with E-state index in [0.717, 1.165) is 31.4 Å². The third-order valence-corrected chi connectivity index (χ3v) is 3.47. The molecule has 0 aliphatic rings. The number of benzene rings is 1. The summed E-state index contributed by atoms with van der Waals surface area (Å²) in [4.78, 5) is 0. The number of aliphatic hydroxyl groups excluding tert-OH is 1. The zero-order chi connectivity index (χ0) is 14.3. The van der Waals surface area contributed by atoms with Crippen molar-refractivity contribution < 1.29 is 5.11 Å². The fourth-order valence-electron chi connectivity index (χ4n) is 2.27. The van der Waals surface area contributed by atoms with Gasteiger partial charge in [0.1, 0.15) is 0 Å². The van der Waals surface area contributed by atoms with Crippen LogP contribution in [0, 0.1) is 5.92 Å². The second kappa shape index (κ2) is 8.34. The molecule has 0 amide bonds.